The maximum absolute atomic E-state index is 12.4. The van der Waals surface area contributed by atoms with Crippen LogP contribution < -0.4 is 4.74 Å². The number of hydrogen-bond donors (Lipinski definition) is 0. The maximum Gasteiger partial charge on any atom is 0.338 e. The summed E-state index contributed by atoms with van der Waals surface area (Å²) >= 11 is 10.7. The topological polar surface area (TPSA) is 69.7 Å². The first kappa shape index (κ1) is 25.3. The molecular formula is C23H14Br2I2O5. The largest absolute Gasteiger partial charge is 0.483 e. The zero-order valence-corrected chi connectivity index (χ0v) is 23.7. The second-order valence-electron chi connectivity index (χ2n) is 6.49. The van der Waals surface area contributed by atoms with Gasteiger partial charge >= 0.3 is 5.97 Å². The summed E-state index contributed by atoms with van der Waals surface area (Å²) in [6.07, 6.45) is 0. The van der Waals surface area contributed by atoms with Gasteiger partial charge in [-0.2, -0.15) is 0 Å². The Bertz CT molecular complexity index is 1140. The molecule has 0 saturated heterocycles. The van der Waals surface area contributed by atoms with E-state index in [9.17, 15) is 14.4 Å². The van der Waals surface area contributed by atoms with E-state index in [2.05, 4.69) is 31.9 Å². The average molecular weight is 784 g/mol. The molecule has 0 aromatic heterocycles. The van der Waals surface area contributed by atoms with Crippen molar-refractivity contribution in [3.05, 3.63) is 93.4 Å². The molecule has 5 nitrogen and oxygen atoms in total. The molecule has 0 aliphatic carbocycles. The van der Waals surface area contributed by atoms with Gasteiger partial charge in [0.2, 0.25) is 0 Å². The first-order valence-corrected chi connectivity index (χ1v) is 12.9. The molecule has 0 atom stereocenters. The average Bonchev–Trinajstić information content (AvgIpc) is 2.77. The molecule has 9 heteroatoms. The van der Waals surface area contributed by atoms with Crippen LogP contribution in [0, 0.1) is 7.14 Å². The van der Waals surface area contributed by atoms with Crippen molar-refractivity contribution in [2.75, 3.05) is 13.2 Å². The zero-order valence-electron chi connectivity index (χ0n) is 16.2. The van der Waals surface area contributed by atoms with Gasteiger partial charge in [-0.3, -0.25) is 9.59 Å². The third-order valence-electron chi connectivity index (χ3n) is 4.25. The Morgan fingerprint density at radius 3 is 1.59 bits per heavy atom. The van der Waals surface area contributed by atoms with E-state index in [0.717, 1.165) is 8.95 Å². The Morgan fingerprint density at radius 1 is 0.688 bits per heavy atom. The van der Waals surface area contributed by atoms with Gasteiger partial charge < -0.3 is 9.47 Å². The SMILES string of the molecule is O=C(COC(=O)c1cc(I)c(OCC(=O)c2ccc(Br)cc2)c(I)c1)c1ccc(Br)cc1. The first-order valence-electron chi connectivity index (χ1n) is 9.11. The van der Waals surface area contributed by atoms with E-state index in [1.165, 1.54) is 0 Å². The molecule has 0 unspecified atom stereocenters. The summed E-state index contributed by atoms with van der Waals surface area (Å²) in [5, 5.41) is 0. The normalized spacial score (nSPS) is 10.5. The van der Waals surface area contributed by atoms with Crippen LogP contribution in [0.2, 0.25) is 0 Å². The third kappa shape index (κ3) is 6.84. The highest BCUT2D eigenvalue weighted by atomic mass is 127. The Hall–Kier alpha value is -1.31. The van der Waals surface area contributed by atoms with E-state index in [1.54, 1.807) is 60.7 Å². The number of esters is 1. The molecule has 0 fully saturated rings. The van der Waals surface area contributed by atoms with E-state index < -0.39 is 5.97 Å². The number of carbonyl (C=O) groups excluding carboxylic acids is 3. The summed E-state index contributed by atoms with van der Waals surface area (Å²) in [4.78, 5) is 37.0. The highest BCUT2D eigenvalue weighted by Crippen LogP contribution is 2.29. The lowest BCUT2D eigenvalue weighted by Crippen LogP contribution is -2.15. The zero-order chi connectivity index (χ0) is 23.3. The van der Waals surface area contributed by atoms with Gasteiger partial charge in [-0.1, -0.05) is 56.1 Å². The maximum atomic E-state index is 12.4. The fraction of sp³-hybridized carbons (Fsp3) is 0.0870. The Morgan fingerprint density at radius 2 is 1.12 bits per heavy atom. The quantitative estimate of drug-likeness (QED) is 0.144. The van der Waals surface area contributed by atoms with E-state index >= 15 is 0 Å². The second kappa shape index (κ2) is 11.7. The number of rotatable bonds is 8. The fourth-order valence-electron chi connectivity index (χ4n) is 2.61. The molecule has 32 heavy (non-hydrogen) atoms. The van der Waals surface area contributed by atoms with Crippen LogP contribution in [0.25, 0.3) is 0 Å². The minimum Gasteiger partial charge on any atom is -0.483 e. The number of Topliss-reactive ketones (excluding diaryl/α,β-unsaturated/α-hetero) is 2. The summed E-state index contributed by atoms with van der Waals surface area (Å²) in [5.74, 6) is -0.538. The van der Waals surface area contributed by atoms with Crippen LogP contribution in [0.1, 0.15) is 31.1 Å². The molecule has 0 N–H and O–H groups in total. The van der Waals surface area contributed by atoms with E-state index in [4.69, 9.17) is 9.47 Å². The first-order chi connectivity index (χ1) is 15.2. The molecule has 0 radical (unpaired) electrons. The highest BCUT2D eigenvalue weighted by molar-refractivity contribution is 14.1. The van der Waals surface area contributed by atoms with Crippen molar-refractivity contribution in [3.8, 4) is 5.75 Å². The monoisotopic (exact) mass is 782 g/mol. The lowest BCUT2D eigenvalue weighted by Gasteiger charge is -2.12. The molecule has 0 amide bonds. The van der Waals surface area contributed by atoms with Gasteiger partial charge in [0.1, 0.15) is 5.75 Å². The van der Waals surface area contributed by atoms with Gasteiger partial charge in [0.15, 0.2) is 24.8 Å². The smallest absolute Gasteiger partial charge is 0.338 e. The Balaban J connectivity index is 1.62. The number of carbonyl (C=O) groups is 3. The molecule has 0 aliphatic rings. The van der Waals surface area contributed by atoms with Crippen LogP contribution in [0.4, 0.5) is 0 Å². The molecule has 0 saturated carbocycles. The van der Waals surface area contributed by atoms with E-state index in [0.29, 0.717) is 29.6 Å². The fourth-order valence-corrected chi connectivity index (χ4v) is 5.21. The summed E-state index contributed by atoms with van der Waals surface area (Å²) in [6.45, 7) is -0.479. The lowest BCUT2D eigenvalue weighted by molar-refractivity contribution is 0.0474. The molecule has 0 heterocycles. The molecule has 0 spiro atoms. The van der Waals surface area contributed by atoms with Gasteiger partial charge in [0.25, 0.3) is 0 Å². The van der Waals surface area contributed by atoms with Gasteiger partial charge in [-0.25, -0.2) is 4.79 Å². The van der Waals surface area contributed by atoms with Crippen molar-refractivity contribution in [2.24, 2.45) is 0 Å². The van der Waals surface area contributed by atoms with Crippen molar-refractivity contribution in [3.63, 3.8) is 0 Å². The highest BCUT2D eigenvalue weighted by Gasteiger charge is 2.17. The van der Waals surface area contributed by atoms with Crippen LogP contribution in [-0.2, 0) is 4.74 Å². The van der Waals surface area contributed by atoms with Gasteiger partial charge in [-0.15, -0.1) is 0 Å². The minimum absolute atomic E-state index is 0.126. The van der Waals surface area contributed by atoms with Crippen molar-refractivity contribution >= 4 is 94.6 Å². The lowest BCUT2D eigenvalue weighted by atomic mass is 10.1. The van der Waals surface area contributed by atoms with Crippen LogP contribution in [0.15, 0.2) is 69.6 Å². The van der Waals surface area contributed by atoms with E-state index in [1.807, 2.05) is 45.2 Å². The van der Waals surface area contributed by atoms with Crippen LogP contribution in [-0.4, -0.2) is 30.7 Å². The van der Waals surface area contributed by atoms with Crippen LogP contribution >= 0.6 is 77.0 Å². The van der Waals surface area contributed by atoms with Gasteiger partial charge in [0.05, 0.1) is 12.7 Å². The summed E-state index contributed by atoms with van der Waals surface area (Å²) in [7, 11) is 0. The van der Waals surface area contributed by atoms with Crippen molar-refractivity contribution in [2.45, 2.75) is 0 Å². The standard InChI is InChI=1S/C23H14Br2I2O5/c24-16-5-1-13(2-6-16)20(28)11-31-22-18(26)9-15(10-19(22)27)23(30)32-12-21(29)14-3-7-17(25)8-4-14/h1-10H,11-12H2. The molecule has 0 bridgehead atoms. The molecular weight excluding hydrogens is 770 g/mol. The summed E-state index contributed by atoms with van der Waals surface area (Å²) in [6, 6.07) is 17.1. The molecule has 3 aromatic carbocycles. The number of hydrogen-bond acceptors (Lipinski definition) is 5. The third-order valence-corrected chi connectivity index (χ3v) is 6.91. The van der Waals surface area contributed by atoms with Crippen LogP contribution in [0.5, 0.6) is 5.75 Å². The molecule has 0 aliphatic heterocycles. The Kier molecular flexibility index (Phi) is 9.26. The number of ketones is 2. The molecule has 164 valence electrons. The number of benzene rings is 3. The summed E-state index contributed by atoms with van der Waals surface area (Å²) in [5.41, 5.74) is 1.31. The number of halogens is 4. The minimum atomic E-state index is -0.608. The van der Waals surface area contributed by atoms with Crippen molar-refractivity contribution in [1.82, 2.24) is 0 Å². The second-order valence-corrected chi connectivity index (χ2v) is 10.6. The van der Waals surface area contributed by atoms with Crippen molar-refractivity contribution < 1.29 is 23.9 Å². The summed E-state index contributed by atoms with van der Waals surface area (Å²) < 4.78 is 14.0. The predicted octanol–water partition coefficient (Wildman–Crippen LogP) is 6.72. The predicted molar refractivity (Wildman–Crippen MR) is 145 cm³/mol. The molecule has 3 aromatic rings. The van der Waals surface area contributed by atoms with Crippen molar-refractivity contribution in [1.29, 1.82) is 0 Å². The van der Waals surface area contributed by atoms with Crippen LogP contribution in [0.3, 0.4) is 0 Å². The van der Waals surface area contributed by atoms with E-state index in [-0.39, 0.29) is 24.8 Å². The van der Waals surface area contributed by atoms with Gasteiger partial charge in [-0.05, 0) is 81.6 Å². The van der Waals surface area contributed by atoms with Gasteiger partial charge in [0, 0.05) is 20.1 Å². The molecule has 3 rings (SSSR count). The Labute approximate surface area is 228 Å². The number of ether oxygens (including phenoxy) is 2.